The van der Waals surface area contributed by atoms with Crippen LogP contribution in [-0.2, 0) is 5.54 Å². The number of aryl methyl sites for hydroxylation is 1. The van der Waals surface area contributed by atoms with E-state index in [4.69, 9.17) is 5.73 Å². The molecule has 1 heterocycles. The number of halogens is 2. The first-order valence-electron chi connectivity index (χ1n) is 4.01. The molecule has 72 valence electrons. The van der Waals surface area contributed by atoms with Gasteiger partial charge in [0.15, 0.2) is 0 Å². The molecule has 2 nitrogen and oxygen atoms in total. The molecule has 0 atom stereocenters. The first kappa shape index (κ1) is 9.02. The average molecular weight is 204 g/mol. The number of thiazole rings is 1. The molecule has 1 aromatic rings. The lowest BCUT2D eigenvalue weighted by Crippen LogP contribution is -2.55. The van der Waals surface area contributed by atoms with Crippen LogP contribution in [-0.4, -0.2) is 10.9 Å². The van der Waals surface area contributed by atoms with Crippen molar-refractivity contribution in [2.45, 2.75) is 31.2 Å². The van der Waals surface area contributed by atoms with Crippen molar-refractivity contribution in [3.05, 3.63) is 16.1 Å². The molecule has 1 aliphatic carbocycles. The van der Waals surface area contributed by atoms with Crippen LogP contribution in [0, 0.1) is 6.92 Å². The minimum atomic E-state index is -2.59. The molecule has 1 aliphatic rings. The van der Waals surface area contributed by atoms with E-state index in [2.05, 4.69) is 4.98 Å². The number of hydrogen-bond donors (Lipinski definition) is 1. The molecule has 2 rings (SSSR count). The van der Waals surface area contributed by atoms with E-state index < -0.39 is 11.5 Å². The number of nitrogens with two attached hydrogens (primary N) is 1. The normalized spacial score (nSPS) is 24.0. The highest BCUT2D eigenvalue weighted by Gasteiger charge is 2.56. The Morgan fingerprint density at radius 3 is 2.54 bits per heavy atom. The maximum Gasteiger partial charge on any atom is 0.252 e. The van der Waals surface area contributed by atoms with E-state index in [1.54, 1.807) is 5.38 Å². The van der Waals surface area contributed by atoms with Gasteiger partial charge in [-0.1, -0.05) is 0 Å². The van der Waals surface area contributed by atoms with Crippen LogP contribution < -0.4 is 5.73 Å². The van der Waals surface area contributed by atoms with E-state index in [1.165, 1.54) is 11.3 Å². The summed E-state index contributed by atoms with van der Waals surface area (Å²) in [5, 5.41) is 2.64. The van der Waals surface area contributed by atoms with Gasteiger partial charge in [0.2, 0.25) is 0 Å². The predicted octanol–water partition coefficient (Wildman–Crippen LogP) is 2.03. The topological polar surface area (TPSA) is 38.9 Å². The maximum atomic E-state index is 12.6. The molecule has 0 aromatic carbocycles. The molecule has 1 fully saturated rings. The molecular weight excluding hydrogens is 194 g/mol. The van der Waals surface area contributed by atoms with Crippen LogP contribution in [0.15, 0.2) is 5.38 Å². The monoisotopic (exact) mass is 204 g/mol. The molecule has 13 heavy (non-hydrogen) atoms. The van der Waals surface area contributed by atoms with Crippen LogP contribution in [0.5, 0.6) is 0 Å². The number of rotatable bonds is 1. The molecule has 0 aliphatic heterocycles. The molecule has 0 bridgehead atoms. The SMILES string of the molecule is Cc1nc(C2(N)CC(F)(F)C2)cs1. The molecule has 5 heteroatoms. The average Bonchev–Trinajstić information content (AvgIpc) is 2.31. The van der Waals surface area contributed by atoms with Crippen LogP contribution in [0.4, 0.5) is 8.78 Å². The third kappa shape index (κ3) is 1.46. The molecular formula is C8H10F2N2S. The minimum absolute atomic E-state index is 0.275. The zero-order chi connectivity index (χ0) is 9.69. The highest BCUT2D eigenvalue weighted by molar-refractivity contribution is 7.09. The second kappa shape index (κ2) is 2.48. The van der Waals surface area contributed by atoms with Crippen molar-refractivity contribution >= 4 is 11.3 Å². The van der Waals surface area contributed by atoms with Crippen molar-refractivity contribution in [1.29, 1.82) is 0 Å². The zero-order valence-electron chi connectivity index (χ0n) is 7.18. The van der Waals surface area contributed by atoms with E-state index in [1.807, 2.05) is 6.92 Å². The Morgan fingerprint density at radius 2 is 2.15 bits per heavy atom. The fourth-order valence-electron chi connectivity index (χ4n) is 1.64. The summed E-state index contributed by atoms with van der Waals surface area (Å²) in [5.41, 5.74) is 5.51. The zero-order valence-corrected chi connectivity index (χ0v) is 8.00. The summed E-state index contributed by atoms with van der Waals surface area (Å²) in [4.78, 5) is 4.13. The molecule has 0 unspecified atom stereocenters. The van der Waals surface area contributed by atoms with Crippen molar-refractivity contribution in [2.24, 2.45) is 5.73 Å². The second-order valence-corrected chi connectivity index (χ2v) is 4.68. The maximum absolute atomic E-state index is 12.6. The van der Waals surface area contributed by atoms with Gasteiger partial charge in [0.05, 0.1) is 16.2 Å². The lowest BCUT2D eigenvalue weighted by Gasteiger charge is -2.43. The summed E-state index contributed by atoms with van der Waals surface area (Å²) in [6, 6.07) is 0. The summed E-state index contributed by atoms with van der Waals surface area (Å²) in [7, 11) is 0. The van der Waals surface area contributed by atoms with Gasteiger partial charge in [0.1, 0.15) is 0 Å². The Kier molecular flexibility index (Phi) is 1.72. The Balaban J connectivity index is 2.20. The quantitative estimate of drug-likeness (QED) is 0.760. The molecule has 0 spiro atoms. The summed E-state index contributed by atoms with van der Waals surface area (Å²) in [6.45, 7) is 1.84. The number of hydrogen-bond acceptors (Lipinski definition) is 3. The minimum Gasteiger partial charge on any atom is -0.320 e. The van der Waals surface area contributed by atoms with Crippen LogP contribution in [0.1, 0.15) is 23.5 Å². The highest BCUT2D eigenvalue weighted by atomic mass is 32.1. The Morgan fingerprint density at radius 1 is 1.54 bits per heavy atom. The molecule has 1 aromatic heterocycles. The fraction of sp³-hybridized carbons (Fsp3) is 0.625. The van der Waals surface area contributed by atoms with Crippen molar-refractivity contribution < 1.29 is 8.78 Å². The summed E-state index contributed by atoms with van der Waals surface area (Å²) in [5.74, 6) is -2.59. The summed E-state index contributed by atoms with van der Waals surface area (Å²) < 4.78 is 25.2. The summed E-state index contributed by atoms with van der Waals surface area (Å²) >= 11 is 1.44. The molecule has 1 saturated carbocycles. The Bertz CT molecular complexity index is 327. The van der Waals surface area contributed by atoms with Crippen molar-refractivity contribution in [3.63, 3.8) is 0 Å². The van der Waals surface area contributed by atoms with Gasteiger partial charge in [-0.2, -0.15) is 0 Å². The van der Waals surface area contributed by atoms with Gasteiger partial charge in [0.25, 0.3) is 5.92 Å². The van der Waals surface area contributed by atoms with Gasteiger partial charge in [-0.3, -0.25) is 0 Å². The third-order valence-corrected chi connectivity index (χ3v) is 3.05. The highest BCUT2D eigenvalue weighted by Crippen LogP contribution is 2.49. The first-order valence-corrected chi connectivity index (χ1v) is 4.89. The lowest BCUT2D eigenvalue weighted by atomic mass is 9.72. The smallest absolute Gasteiger partial charge is 0.252 e. The van der Waals surface area contributed by atoms with Gasteiger partial charge in [0, 0.05) is 18.2 Å². The number of aromatic nitrogens is 1. The van der Waals surface area contributed by atoms with Gasteiger partial charge < -0.3 is 5.73 Å². The van der Waals surface area contributed by atoms with Crippen LogP contribution in [0.3, 0.4) is 0 Å². The molecule has 0 saturated heterocycles. The summed E-state index contributed by atoms with van der Waals surface area (Å²) in [6.07, 6.45) is -0.549. The van der Waals surface area contributed by atoms with E-state index in [-0.39, 0.29) is 12.8 Å². The fourth-order valence-corrected chi connectivity index (χ4v) is 2.37. The van der Waals surface area contributed by atoms with Gasteiger partial charge in [-0.15, -0.1) is 11.3 Å². The van der Waals surface area contributed by atoms with E-state index in [0.717, 1.165) is 5.01 Å². The standard InChI is InChI=1S/C8H10F2N2S/c1-5-12-6(2-13-5)7(11)3-8(9,10)4-7/h2H,3-4,11H2,1H3. The number of alkyl halides is 2. The van der Waals surface area contributed by atoms with Gasteiger partial charge >= 0.3 is 0 Å². The van der Waals surface area contributed by atoms with E-state index in [0.29, 0.717) is 5.69 Å². The van der Waals surface area contributed by atoms with Gasteiger partial charge in [-0.25, -0.2) is 13.8 Å². The third-order valence-electron chi connectivity index (χ3n) is 2.28. The van der Waals surface area contributed by atoms with Crippen molar-refractivity contribution in [1.82, 2.24) is 4.98 Å². The second-order valence-electron chi connectivity index (χ2n) is 3.62. The predicted molar refractivity (Wildman–Crippen MR) is 46.9 cm³/mol. The molecule has 0 radical (unpaired) electrons. The van der Waals surface area contributed by atoms with Crippen molar-refractivity contribution in [2.75, 3.05) is 0 Å². The van der Waals surface area contributed by atoms with E-state index in [9.17, 15) is 8.78 Å². The largest absolute Gasteiger partial charge is 0.320 e. The van der Waals surface area contributed by atoms with Gasteiger partial charge in [-0.05, 0) is 6.92 Å². The Hall–Kier alpha value is -0.550. The molecule has 2 N–H and O–H groups in total. The first-order chi connectivity index (χ1) is 5.91. The number of nitrogens with zero attached hydrogens (tertiary/aromatic N) is 1. The lowest BCUT2D eigenvalue weighted by molar-refractivity contribution is -0.126. The van der Waals surface area contributed by atoms with Crippen LogP contribution in [0.2, 0.25) is 0 Å². The van der Waals surface area contributed by atoms with E-state index >= 15 is 0 Å². The van der Waals surface area contributed by atoms with Crippen molar-refractivity contribution in [3.8, 4) is 0 Å². The Labute approximate surface area is 78.8 Å². The molecule has 0 amide bonds. The van der Waals surface area contributed by atoms with Crippen LogP contribution >= 0.6 is 11.3 Å². The van der Waals surface area contributed by atoms with Crippen LogP contribution in [0.25, 0.3) is 0 Å².